The zero-order valence-corrected chi connectivity index (χ0v) is 14.8. The summed E-state index contributed by atoms with van der Waals surface area (Å²) >= 11 is 1.46. The van der Waals surface area contributed by atoms with Gasteiger partial charge in [-0.25, -0.2) is 0 Å². The molecule has 2 aromatic rings. The topological polar surface area (TPSA) is 45.2 Å². The number of aromatic nitrogens is 1. The lowest BCUT2D eigenvalue weighted by Gasteiger charge is -2.36. The average Bonchev–Trinajstić information content (AvgIpc) is 3.31. The molecule has 1 aromatic carbocycles. The number of fused-ring (bicyclic) bond motifs is 3. The molecule has 0 radical (unpaired) electrons. The molecular formula is C19H23N3OS. The van der Waals surface area contributed by atoms with Crippen molar-refractivity contribution in [3.63, 3.8) is 0 Å². The summed E-state index contributed by atoms with van der Waals surface area (Å²) in [5.74, 6) is 0.748. The zero-order valence-electron chi connectivity index (χ0n) is 14.0. The molecule has 5 heteroatoms. The molecule has 1 aliphatic carbocycles. The van der Waals surface area contributed by atoms with Crippen LogP contribution >= 0.6 is 11.5 Å². The Morgan fingerprint density at radius 2 is 1.96 bits per heavy atom. The lowest BCUT2D eigenvalue weighted by atomic mass is 9.98. The molecule has 2 aliphatic heterocycles. The summed E-state index contributed by atoms with van der Waals surface area (Å²) < 4.78 is 5.62. The molecule has 0 spiro atoms. The largest absolute Gasteiger partial charge is 0.348 e. The maximum Gasteiger partial charge on any atom is 0.271 e. The fourth-order valence-corrected chi connectivity index (χ4v) is 5.39. The molecule has 126 valence electrons. The van der Waals surface area contributed by atoms with Crippen molar-refractivity contribution in [1.29, 1.82) is 0 Å². The molecule has 4 nitrogen and oxygen atoms in total. The van der Waals surface area contributed by atoms with Crippen molar-refractivity contribution in [3.8, 4) is 0 Å². The molecule has 2 saturated heterocycles. The number of hydrogen-bond donors (Lipinski definition) is 1. The van der Waals surface area contributed by atoms with E-state index in [1.165, 1.54) is 42.8 Å². The maximum absolute atomic E-state index is 12.8. The monoisotopic (exact) mass is 341 g/mol. The molecule has 24 heavy (non-hydrogen) atoms. The Bertz CT molecular complexity index is 783. The van der Waals surface area contributed by atoms with Crippen molar-refractivity contribution in [2.24, 2.45) is 0 Å². The van der Waals surface area contributed by atoms with E-state index in [2.05, 4.69) is 39.8 Å². The van der Waals surface area contributed by atoms with Crippen LogP contribution in [0.4, 0.5) is 0 Å². The molecular weight excluding hydrogens is 318 g/mol. The highest BCUT2D eigenvalue weighted by atomic mass is 32.1. The van der Waals surface area contributed by atoms with Gasteiger partial charge < -0.3 is 10.2 Å². The Kier molecular flexibility index (Phi) is 3.42. The van der Waals surface area contributed by atoms with Crippen molar-refractivity contribution in [3.05, 3.63) is 29.5 Å². The Morgan fingerprint density at radius 1 is 1.21 bits per heavy atom. The number of benzene rings is 1. The van der Waals surface area contributed by atoms with Gasteiger partial charge >= 0.3 is 0 Å². The maximum atomic E-state index is 12.8. The van der Waals surface area contributed by atoms with E-state index in [9.17, 15) is 4.79 Å². The number of nitrogens with one attached hydrogen (secondary N) is 1. The van der Waals surface area contributed by atoms with Crippen LogP contribution in [0.3, 0.4) is 0 Å². The first-order valence-corrected chi connectivity index (χ1v) is 9.88. The smallest absolute Gasteiger partial charge is 0.271 e. The Labute approximate surface area is 146 Å². The number of amides is 1. The highest BCUT2D eigenvalue weighted by Crippen LogP contribution is 2.41. The second-order valence-corrected chi connectivity index (χ2v) is 8.56. The third kappa shape index (κ3) is 2.45. The van der Waals surface area contributed by atoms with Gasteiger partial charge in [0, 0.05) is 23.5 Å². The molecule has 3 fully saturated rings. The van der Waals surface area contributed by atoms with E-state index in [4.69, 9.17) is 0 Å². The van der Waals surface area contributed by atoms with Crippen LogP contribution in [0.5, 0.6) is 0 Å². The first kappa shape index (κ1) is 14.8. The second kappa shape index (κ2) is 5.53. The molecule has 1 amide bonds. The molecule has 1 N–H and O–H groups in total. The zero-order chi connectivity index (χ0) is 16.3. The summed E-state index contributed by atoms with van der Waals surface area (Å²) in [6, 6.07) is 8.09. The quantitative estimate of drug-likeness (QED) is 0.929. The molecule has 3 aliphatic rings. The van der Waals surface area contributed by atoms with Crippen LogP contribution in [-0.2, 0) is 0 Å². The third-order valence-electron chi connectivity index (χ3n) is 6.19. The van der Waals surface area contributed by atoms with Crippen molar-refractivity contribution < 1.29 is 4.79 Å². The molecule has 5 rings (SSSR count). The van der Waals surface area contributed by atoms with Gasteiger partial charge in [0.25, 0.3) is 5.91 Å². The highest BCUT2D eigenvalue weighted by Gasteiger charge is 2.39. The van der Waals surface area contributed by atoms with E-state index in [-0.39, 0.29) is 5.91 Å². The fourth-order valence-electron chi connectivity index (χ4n) is 4.57. The Balaban J connectivity index is 1.34. The van der Waals surface area contributed by atoms with Crippen molar-refractivity contribution >= 4 is 27.5 Å². The highest BCUT2D eigenvalue weighted by molar-refractivity contribution is 7.13. The van der Waals surface area contributed by atoms with Gasteiger partial charge in [0.2, 0.25) is 0 Å². The van der Waals surface area contributed by atoms with E-state index in [1.54, 1.807) is 0 Å². The fraction of sp³-hybridized carbons (Fsp3) is 0.579. The number of hydrogen-bond acceptors (Lipinski definition) is 4. The van der Waals surface area contributed by atoms with Gasteiger partial charge in [0.05, 0.1) is 4.70 Å². The van der Waals surface area contributed by atoms with Gasteiger partial charge in [0.1, 0.15) is 5.69 Å². The van der Waals surface area contributed by atoms with E-state index < -0.39 is 0 Å². The minimum absolute atomic E-state index is 0.00868. The van der Waals surface area contributed by atoms with E-state index >= 15 is 0 Å². The van der Waals surface area contributed by atoms with Crippen LogP contribution in [0.25, 0.3) is 10.1 Å². The first-order valence-electron chi connectivity index (χ1n) is 9.11. The van der Waals surface area contributed by atoms with Gasteiger partial charge in [-0.05, 0) is 74.7 Å². The van der Waals surface area contributed by atoms with Crippen LogP contribution in [-0.4, -0.2) is 40.4 Å². The SMILES string of the molecule is CN1C2CCC1CC(NC(=O)c1nsc3cc(C4CC4)ccc13)C2. The summed E-state index contributed by atoms with van der Waals surface area (Å²) in [7, 11) is 2.23. The second-order valence-electron chi connectivity index (χ2n) is 7.75. The minimum Gasteiger partial charge on any atom is -0.348 e. The lowest BCUT2D eigenvalue weighted by Crippen LogP contribution is -2.48. The number of carbonyl (C=O) groups excluding carboxylic acids is 1. The molecule has 1 aromatic heterocycles. The number of nitrogens with zero attached hydrogens (tertiary/aromatic N) is 2. The summed E-state index contributed by atoms with van der Waals surface area (Å²) in [5, 5.41) is 4.27. The number of carbonyl (C=O) groups is 1. The minimum atomic E-state index is 0.00868. The van der Waals surface area contributed by atoms with Crippen LogP contribution in [0.1, 0.15) is 60.5 Å². The van der Waals surface area contributed by atoms with Gasteiger partial charge in [-0.1, -0.05) is 12.1 Å². The van der Waals surface area contributed by atoms with E-state index in [0.717, 1.165) is 28.8 Å². The van der Waals surface area contributed by atoms with Crippen molar-refractivity contribution in [2.45, 2.75) is 62.6 Å². The average molecular weight is 341 g/mol. The predicted octanol–water partition coefficient (Wildman–Crippen LogP) is 3.53. The Morgan fingerprint density at radius 3 is 2.67 bits per heavy atom. The normalized spacial score (nSPS) is 30.0. The third-order valence-corrected chi connectivity index (χ3v) is 7.00. The van der Waals surface area contributed by atoms with Crippen LogP contribution < -0.4 is 5.32 Å². The summed E-state index contributed by atoms with van der Waals surface area (Å²) in [6.07, 6.45) is 7.31. The van der Waals surface area contributed by atoms with E-state index in [1.807, 2.05) is 0 Å². The number of piperidine rings is 1. The standard InChI is InChI=1S/C19H23N3OS/c1-22-14-5-6-15(22)10-13(9-14)20-19(23)18-16-7-4-12(11-2-3-11)8-17(16)24-21-18/h4,7-8,11,13-15H,2-3,5-6,9-10H2,1H3,(H,20,23). The first-order chi connectivity index (χ1) is 11.7. The molecule has 2 unspecified atom stereocenters. The lowest BCUT2D eigenvalue weighted by molar-refractivity contribution is 0.0880. The van der Waals surface area contributed by atoms with Gasteiger partial charge in [-0.2, -0.15) is 4.37 Å². The van der Waals surface area contributed by atoms with Gasteiger partial charge in [0.15, 0.2) is 0 Å². The molecule has 2 atom stereocenters. The van der Waals surface area contributed by atoms with Crippen molar-refractivity contribution in [1.82, 2.24) is 14.6 Å². The predicted molar refractivity (Wildman–Crippen MR) is 96.7 cm³/mol. The van der Waals surface area contributed by atoms with Crippen LogP contribution in [0, 0.1) is 0 Å². The van der Waals surface area contributed by atoms with Gasteiger partial charge in [-0.15, -0.1) is 0 Å². The molecule has 3 heterocycles. The summed E-state index contributed by atoms with van der Waals surface area (Å²) in [6.45, 7) is 0. The van der Waals surface area contributed by atoms with Crippen LogP contribution in [0.2, 0.25) is 0 Å². The summed E-state index contributed by atoms with van der Waals surface area (Å²) in [4.78, 5) is 15.3. The van der Waals surface area contributed by atoms with Crippen LogP contribution in [0.15, 0.2) is 18.2 Å². The molecule has 2 bridgehead atoms. The molecule has 1 saturated carbocycles. The van der Waals surface area contributed by atoms with E-state index in [0.29, 0.717) is 23.8 Å². The number of rotatable bonds is 3. The van der Waals surface area contributed by atoms with Gasteiger partial charge in [-0.3, -0.25) is 4.79 Å². The Hall–Kier alpha value is -1.46. The van der Waals surface area contributed by atoms with Crippen molar-refractivity contribution in [2.75, 3.05) is 7.05 Å². The summed E-state index contributed by atoms with van der Waals surface area (Å²) in [5.41, 5.74) is 2.02.